The van der Waals surface area contributed by atoms with Gasteiger partial charge in [0.15, 0.2) is 0 Å². The van der Waals surface area contributed by atoms with Crippen LogP contribution in [0.3, 0.4) is 0 Å². The number of likely N-dealkylation sites (tertiary alicyclic amines) is 1. The number of nitrogens with zero attached hydrogens (tertiary/aromatic N) is 7. The van der Waals surface area contributed by atoms with Gasteiger partial charge in [0.05, 0.1) is 42.6 Å². The van der Waals surface area contributed by atoms with E-state index < -0.39 is 6.10 Å². The van der Waals surface area contributed by atoms with Crippen LogP contribution >= 0.6 is 0 Å². The molecule has 2 fully saturated rings. The van der Waals surface area contributed by atoms with Crippen molar-refractivity contribution in [2.45, 2.75) is 50.9 Å². The number of carbonyl (C=O) groups is 1. The van der Waals surface area contributed by atoms with Crippen molar-refractivity contribution < 1.29 is 14.6 Å². The van der Waals surface area contributed by atoms with Crippen LogP contribution in [0.1, 0.15) is 35.2 Å². The third-order valence-corrected chi connectivity index (χ3v) is 9.50. The number of likely N-dealkylation sites (N-methyl/N-ethyl adjacent to an activating group) is 1. The molecule has 1 N–H and O–H groups in total. The van der Waals surface area contributed by atoms with E-state index in [0.29, 0.717) is 63.6 Å². The molecule has 6 rings (SSSR count). The Morgan fingerprint density at radius 2 is 1.93 bits per heavy atom. The molecule has 1 amide bonds. The van der Waals surface area contributed by atoms with Crippen LogP contribution in [0.2, 0.25) is 0 Å². The van der Waals surface area contributed by atoms with Gasteiger partial charge in [0.2, 0.25) is 11.8 Å². The number of rotatable bonds is 7. The SMILES string of the molecule is C=CC(=O)N1CCN(c2c(C#N)c(OC[C@@H]3C[C@@H](O)CN3C)nc3c2CCN(c2cccc4cccc(C)c24)C3)C[C@@H]1CC#N. The zero-order valence-electron chi connectivity index (χ0n) is 25.9. The van der Waals surface area contributed by atoms with Gasteiger partial charge in [-0.1, -0.05) is 36.9 Å². The largest absolute Gasteiger partial charge is 0.475 e. The molecule has 2 aromatic carbocycles. The Bertz CT molecular complexity index is 1700. The van der Waals surface area contributed by atoms with E-state index >= 15 is 0 Å². The molecule has 4 heterocycles. The maximum Gasteiger partial charge on any atom is 0.246 e. The molecule has 2 saturated heterocycles. The highest BCUT2D eigenvalue weighted by molar-refractivity contribution is 5.97. The van der Waals surface area contributed by atoms with Gasteiger partial charge in [-0.2, -0.15) is 10.5 Å². The third-order valence-electron chi connectivity index (χ3n) is 9.50. The van der Waals surface area contributed by atoms with E-state index in [1.165, 1.54) is 22.4 Å². The Kier molecular flexibility index (Phi) is 8.62. The van der Waals surface area contributed by atoms with E-state index in [4.69, 9.17) is 9.72 Å². The zero-order valence-corrected chi connectivity index (χ0v) is 25.9. The molecule has 232 valence electrons. The number of benzene rings is 2. The molecule has 10 heteroatoms. The second kappa shape index (κ2) is 12.8. The summed E-state index contributed by atoms with van der Waals surface area (Å²) >= 11 is 0. The van der Waals surface area contributed by atoms with Crippen LogP contribution in [0.25, 0.3) is 10.8 Å². The first-order valence-corrected chi connectivity index (χ1v) is 15.6. The first kappa shape index (κ1) is 30.4. The van der Waals surface area contributed by atoms with Crippen molar-refractivity contribution in [3.63, 3.8) is 0 Å². The molecular weight excluding hydrogens is 566 g/mol. The minimum atomic E-state index is -0.407. The number of aliphatic hydroxyl groups is 1. The third kappa shape index (κ3) is 5.80. The molecule has 0 saturated carbocycles. The van der Waals surface area contributed by atoms with E-state index in [0.717, 1.165) is 29.2 Å². The van der Waals surface area contributed by atoms with Gasteiger partial charge in [-0.05, 0) is 49.9 Å². The number of amides is 1. The number of piperazine rings is 1. The Morgan fingerprint density at radius 1 is 1.13 bits per heavy atom. The number of aliphatic hydroxyl groups excluding tert-OH is 1. The van der Waals surface area contributed by atoms with Gasteiger partial charge in [0, 0.05) is 55.4 Å². The quantitative estimate of drug-likeness (QED) is 0.403. The maximum atomic E-state index is 12.6. The topological polar surface area (TPSA) is 120 Å². The van der Waals surface area contributed by atoms with Crippen LogP contribution in [0.5, 0.6) is 5.88 Å². The van der Waals surface area contributed by atoms with Gasteiger partial charge < -0.3 is 24.5 Å². The van der Waals surface area contributed by atoms with Gasteiger partial charge in [0.1, 0.15) is 18.2 Å². The fraction of sp³-hybridized carbons (Fsp3) is 0.429. The van der Waals surface area contributed by atoms with Crippen LogP contribution in [-0.4, -0.2) is 90.4 Å². The molecule has 45 heavy (non-hydrogen) atoms. The van der Waals surface area contributed by atoms with Gasteiger partial charge >= 0.3 is 0 Å². The first-order chi connectivity index (χ1) is 21.8. The predicted molar refractivity (Wildman–Crippen MR) is 173 cm³/mol. The van der Waals surface area contributed by atoms with Gasteiger partial charge in [-0.25, -0.2) is 4.98 Å². The van der Waals surface area contributed by atoms with E-state index in [1.807, 2.05) is 7.05 Å². The molecule has 3 aliphatic heterocycles. The van der Waals surface area contributed by atoms with Gasteiger partial charge in [0.25, 0.3) is 0 Å². The summed E-state index contributed by atoms with van der Waals surface area (Å²) in [5.41, 5.74) is 5.41. The average Bonchev–Trinajstić information content (AvgIpc) is 3.38. The standard InChI is InChI=1S/C35H39N7O3/c1-4-32(44)42-16-15-41(19-25(42)11-13-36)34-28-12-14-40(31-10-6-9-24-8-5-7-23(2)33(24)31)21-30(28)38-35(29(34)18-37)45-22-26-17-27(43)20-39(26)3/h4-10,25-27,43H,1,11-12,14-17,19-22H2,2-3H3/t25-,26-,27+/m0/s1. The lowest BCUT2D eigenvalue weighted by Gasteiger charge is -2.43. The highest BCUT2D eigenvalue weighted by Crippen LogP contribution is 2.40. The van der Waals surface area contributed by atoms with Crippen LogP contribution in [0.15, 0.2) is 49.1 Å². The highest BCUT2D eigenvalue weighted by atomic mass is 16.5. The number of hydrogen-bond donors (Lipinski definition) is 1. The van der Waals surface area contributed by atoms with E-state index in [9.17, 15) is 20.4 Å². The lowest BCUT2D eigenvalue weighted by atomic mass is 9.95. The molecule has 0 spiro atoms. The van der Waals surface area contributed by atoms with E-state index in [1.54, 1.807) is 4.90 Å². The number of aryl methyl sites for hydroxylation is 1. The number of β-amino-alcohol motifs (C(OH)–C–C–N with tert-alkyl or cyclic N) is 1. The lowest BCUT2D eigenvalue weighted by Crippen LogP contribution is -2.55. The molecule has 0 bridgehead atoms. The summed E-state index contributed by atoms with van der Waals surface area (Å²) in [5.74, 6) is 0.0958. The summed E-state index contributed by atoms with van der Waals surface area (Å²) in [7, 11) is 1.96. The Morgan fingerprint density at radius 3 is 2.64 bits per heavy atom. The second-order valence-electron chi connectivity index (χ2n) is 12.3. The molecule has 3 aliphatic rings. The number of hydrogen-bond acceptors (Lipinski definition) is 9. The Hall–Kier alpha value is -4.64. The van der Waals surface area contributed by atoms with Crippen LogP contribution in [0.4, 0.5) is 11.4 Å². The molecule has 3 aromatic rings. The van der Waals surface area contributed by atoms with E-state index in [-0.39, 0.29) is 24.4 Å². The van der Waals surface area contributed by atoms with Crippen molar-refractivity contribution in [1.82, 2.24) is 14.8 Å². The van der Waals surface area contributed by atoms with Crippen molar-refractivity contribution in [2.75, 3.05) is 56.2 Å². The number of ether oxygens (including phenoxy) is 1. The Labute approximate surface area is 264 Å². The Balaban J connectivity index is 1.40. The van der Waals surface area contributed by atoms with Gasteiger partial charge in [-0.15, -0.1) is 0 Å². The number of anilines is 2. The molecule has 3 atom stereocenters. The summed E-state index contributed by atoms with van der Waals surface area (Å²) in [6.45, 7) is 9.31. The van der Waals surface area contributed by atoms with E-state index in [2.05, 4.69) is 76.7 Å². The van der Waals surface area contributed by atoms with Crippen molar-refractivity contribution >= 4 is 28.1 Å². The summed E-state index contributed by atoms with van der Waals surface area (Å²) in [6, 6.07) is 17.1. The number of carbonyl (C=O) groups excluding carboxylic acids is 1. The summed E-state index contributed by atoms with van der Waals surface area (Å²) in [4.78, 5) is 25.9. The number of nitriles is 2. The average molecular weight is 606 g/mol. The summed E-state index contributed by atoms with van der Waals surface area (Å²) in [6.07, 6.45) is 2.34. The highest BCUT2D eigenvalue weighted by Gasteiger charge is 2.36. The van der Waals surface area contributed by atoms with Crippen LogP contribution in [-0.2, 0) is 17.8 Å². The second-order valence-corrected chi connectivity index (χ2v) is 12.3. The van der Waals surface area contributed by atoms with Crippen molar-refractivity contribution in [3.8, 4) is 18.0 Å². The fourth-order valence-corrected chi connectivity index (χ4v) is 7.23. The normalized spacial score (nSPS) is 21.7. The molecule has 0 unspecified atom stereocenters. The lowest BCUT2D eigenvalue weighted by molar-refractivity contribution is -0.128. The monoisotopic (exact) mass is 605 g/mol. The number of pyridine rings is 1. The van der Waals surface area contributed by atoms with Gasteiger partial charge in [-0.3, -0.25) is 9.69 Å². The minimum Gasteiger partial charge on any atom is -0.475 e. The molecule has 1 aromatic heterocycles. The van der Waals surface area contributed by atoms with Crippen molar-refractivity contribution in [1.29, 1.82) is 10.5 Å². The molecule has 10 nitrogen and oxygen atoms in total. The number of aromatic nitrogens is 1. The maximum absolute atomic E-state index is 12.6. The summed E-state index contributed by atoms with van der Waals surface area (Å²) < 4.78 is 6.35. The molecule has 0 radical (unpaired) electrons. The fourth-order valence-electron chi connectivity index (χ4n) is 7.23. The predicted octanol–water partition coefficient (Wildman–Crippen LogP) is 3.54. The van der Waals surface area contributed by atoms with Crippen LogP contribution in [0, 0.1) is 29.6 Å². The van der Waals surface area contributed by atoms with Crippen molar-refractivity contribution in [2.24, 2.45) is 0 Å². The van der Waals surface area contributed by atoms with Crippen molar-refractivity contribution in [3.05, 3.63) is 71.4 Å². The number of fused-ring (bicyclic) bond motifs is 2. The molecule has 0 aliphatic carbocycles. The zero-order chi connectivity index (χ0) is 31.7. The summed E-state index contributed by atoms with van der Waals surface area (Å²) in [5, 5.41) is 32.7. The minimum absolute atomic E-state index is 0.0106. The first-order valence-electron chi connectivity index (χ1n) is 15.6. The smallest absolute Gasteiger partial charge is 0.246 e. The van der Waals surface area contributed by atoms with Crippen LogP contribution < -0.4 is 14.5 Å². The molecular formula is C35H39N7O3.